The number of imidazole rings is 1. The van der Waals surface area contributed by atoms with E-state index in [2.05, 4.69) is 4.98 Å². The number of carbonyl (C=O) groups is 1. The number of rotatable bonds is 10. The molecule has 1 aliphatic rings. The Hall–Kier alpha value is -2.50. The summed E-state index contributed by atoms with van der Waals surface area (Å²) in [5.41, 5.74) is 4.05. The molecular weight excluding hydrogens is 630 g/mol. The standard InChI is InChI=1S/C25H26ClN5O6S4/c26-19-8-6-18(7-9-19)23-10-11-24(39-23)41(36,37)31-13-12-29(16-22(31)25(32)28-33)40(34,35)15-3-14-38-30-17-27-20-4-1-2-5-21(20)30/h1-2,4-11,17,22,33H,3,12-16H2,(H,28,32)/t22-/m1/s1. The molecule has 0 radical (unpaired) electrons. The van der Waals surface area contributed by atoms with Gasteiger partial charge in [-0.15, -0.1) is 11.3 Å². The molecular formula is C25H26ClN5O6S4. The van der Waals surface area contributed by atoms with Crippen LogP contribution in [-0.2, 0) is 24.8 Å². The molecule has 2 N–H and O–H groups in total. The van der Waals surface area contributed by atoms with Gasteiger partial charge in [0.15, 0.2) is 0 Å². The van der Waals surface area contributed by atoms with Crippen LogP contribution in [0, 0.1) is 0 Å². The maximum absolute atomic E-state index is 13.6. The lowest BCUT2D eigenvalue weighted by molar-refractivity contribution is -0.134. The Morgan fingerprint density at radius 1 is 1.07 bits per heavy atom. The number of hydrogen-bond acceptors (Lipinski definition) is 9. The van der Waals surface area contributed by atoms with Gasteiger partial charge in [-0.2, -0.15) is 8.61 Å². The Labute approximate surface area is 250 Å². The van der Waals surface area contributed by atoms with Crippen molar-refractivity contribution < 1.29 is 26.8 Å². The number of benzene rings is 2. The van der Waals surface area contributed by atoms with E-state index in [1.807, 2.05) is 28.2 Å². The molecule has 1 saturated heterocycles. The summed E-state index contributed by atoms with van der Waals surface area (Å²) in [6.07, 6.45) is 2.02. The molecule has 4 aromatic rings. The summed E-state index contributed by atoms with van der Waals surface area (Å²) in [5.74, 6) is -0.684. The van der Waals surface area contributed by atoms with E-state index in [1.165, 1.54) is 23.5 Å². The van der Waals surface area contributed by atoms with Crippen molar-refractivity contribution in [3.8, 4) is 10.4 Å². The van der Waals surface area contributed by atoms with Gasteiger partial charge < -0.3 is 0 Å². The van der Waals surface area contributed by atoms with Crippen LogP contribution in [0.5, 0.6) is 0 Å². The predicted molar refractivity (Wildman–Crippen MR) is 160 cm³/mol. The molecule has 1 fully saturated rings. The highest BCUT2D eigenvalue weighted by Gasteiger charge is 2.43. The minimum atomic E-state index is -4.17. The number of sulfonamides is 2. The Morgan fingerprint density at radius 2 is 1.83 bits per heavy atom. The van der Waals surface area contributed by atoms with E-state index in [0.29, 0.717) is 22.1 Å². The highest BCUT2D eigenvalue weighted by atomic mass is 35.5. The molecule has 218 valence electrons. The molecule has 41 heavy (non-hydrogen) atoms. The molecule has 16 heteroatoms. The van der Waals surface area contributed by atoms with Crippen LogP contribution in [-0.4, -0.2) is 82.7 Å². The van der Waals surface area contributed by atoms with Gasteiger partial charge in [-0.1, -0.05) is 35.9 Å². The predicted octanol–water partition coefficient (Wildman–Crippen LogP) is 3.51. The molecule has 0 spiro atoms. The molecule has 1 aliphatic heterocycles. The number of piperazine rings is 1. The van der Waals surface area contributed by atoms with Crippen molar-refractivity contribution in [3.05, 3.63) is 72.0 Å². The third-order valence-electron chi connectivity index (χ3n) is 6.57. The second-order valence-corrected chi connectivity index (χ2v) is 15.9. The average Bonchev–Trinajstić information content (AvgIpc) is 3.63. The third-order valence-corrected chi connectivity index (χ3v) is 13.3. The average molecular weight is 656 g/mol. The minimum absolute atomic E-state index is 0.00134. The summed E-state index contributed by atoms with van der Waals surface area (Å²) in [7, 11) is -7.98. The van der Waals surface area contributed by atoms with Crippen molar-refractivity contribution in [1.82, 2.24) is 23.0 Å². The number of hydroxylamine groups is 1. The summed E-state index contributed by atoms with van der Waals surface area (Å²) < 4.78 is 57.4. The SMILES string of the molecule is O=C(NO)[C@H]1CN(S(=O)(=O)CCCSn2cnc3ccccc32)CCN1S(=O)(=O)c1ccc(-c2ccc(Cl)cc2)s1. The summed E-state index contributed by atoms with van der Waals surface area (Å²) in [4.78, 5) is 17.6. The molecule has 0 aliphatic carbocycles. The minimum Gasteiger partial charge on any atom is -0.289 e. The Balaban J connectivity index is 1.25. The fraction of sp³-hybridized carbons (Fsp3) is 0.280. The van der Waals surface area contributed by atoms with Crippen LogP contribution in [0.2, 0.25) is 5.02 Å². The summed E-state index contributed by atoms with van der Waals surface area (Å²) >= 11 is 8.41. The van der Waals surface area contributed by atoms with Gasteiger partial charge >= 0.3 is 0 Å². The maximum Gasteiger partial charge on any atom is 0.263 e. The largest absolute Gasteiger partial charge is 0.289 e. The summed E-state index contributed by atoms with van der Waals surface area (Å²) in [6, 6.07) is 16.2. The smallest absolute Gasteiger partial charge is 0.263 e. The van der Waals surface area contributed by atoms with Gasteiger partial charge in [0.1, 0.15) is 16.6 Å². The van der Waals surface area contributed by atoms with E-state index in [0.717, 1.165) is 36.5 Å². The number of fused-ring (bicyclic) bond motifs is 1. The lowest BCUT2D eigenvalue weighted by Gasteiger charge is -2.38. The van der Waals surface area contributed by atoms with E-state index in [-0.39, 0.29) is 23.1 Å². The van der Waals surface area contributed by atoms with Gasteiger partial charge in [-0.3, -0.25) is 14.0 Å². The number of nitrogens with one attached hydrogen (secondary N) is 1. The normalized spacial score (nSPS) is 17.2. The molecule has 5 rings (SSSR count). The zero-order chi connectivity index (χ0) is 29.2. The first-order valence-corrected chi connectivity index (χ1v) is 17.6. The van der Waals surface area contributed by atoms with Gasteiger partial charge in [0.25, 0.3) is 15.9 Å². The van der Waals surface area contributed by atoms with Crippen molar-refractivity contribution in [2.75, 3.05) is 31.1 Å². The molecule has 0 unspecified atom stereocenters. The van der Waals surface area contributed by atoms with E-state index < -0.39 is 38.5 Å². The molecule has 2 aromatic heterocycles. The highest BCUT2D eigenvalue weighted by molar-refractivity contribution is 7.98. The van der Waals surface area contributed by atoms with Crippen LogP contribution in [0.4, 0.5) is 0 Å². The molecule has 11 nitrogen and oxygen atoms in total. The van der Waals surface area contributed by atoms with E-state index in [1.54, 1.807) is 36.7 Å². The monoisotopic (exact) mass is 655 g/mol. The zero-order valence-electron chi connectivity index (χ0n) is 21.5. The van der Waals surface area contributed by atoms with Crippen LogP contribution in [0.25, 0.3) is 21.5 Å². The molecule has 3 heterocycles. The van der Waals surface area contributed by atoms with Crippen molar-refractivity contribution >= 4 is 71.9 Å². The van der Waals surface area contributed by atoms with Gasteiger partial charge in [-0.25, -0.2) is 27.3 Å². The number of para-hydroxylation sites is 2. The first-order chi connectivity index (χ1) is 19.6. The van der Waals surface area contributed by atoms with E-state index >= 15 is 0 Å². The highest BCUT2D eigenvalue weighted by Crippen LogP contribution is 2.34. The first kappa shape index (κ1) is 30.0. The van der Waals surface area contributed by atoms with E-state index in [9.17, 15) is 26.8 Å². The van der Waals surface area contributed by atoms with Crippen LogP contribution in [0.15, 0.2) is 71.2 Å². The molecule has 2 aromatic carbocycles. The molecule has 1 amide bonds. The van der Waals surface area contributed by atoms with Gasteiger partial charge in [0, 0.05) is 35.3 Å². The second kappa shape index (κ2) is 12.4. The van der Waals surface area contributed by atoms with E-state index in [4.69, 9.17) is 11.6 Å². The molecule has 0 saturated carbocycles. The lowest BCUT2D eigenvalue weighted by Crippen LogP contribution is -2.61. The lowest BCUT2D eigenvalue weighted by atomic mass is 10.2. The van der Waals surface area contributed by atoms with Gasteiger partial charge in [0.05, 0.1) is 16.8 Å². The van der Waals surface area contributed by atoms with Crippen LogP contribution >= 0.6 is 34.9 Å². The fourth-order valence-electron chi connectivity index (χ4n) is 4.49. The Morgan fingerprint density at radius 3 is 2.59 bits per heavy atom. The van der Waals surface area contributed by atoms with Crippen LogP contribution in [0.1, 0.15) is 6.42 Å². The fourth-order valence-corrected chi connectivity index (χ4v) is 10.2. The van der Waals surface area contributed by atoms with Gasteiger partial charge in [-0.05, 0) is 60.3 Å². The molecule has 0 bridgehead atoms. The maximum atomic E-state index is 13.6. The summed E-state index contributed by atoms with van der Waals surface area (Å²) in [5, 5.41) is 9.89. The van der Waals surface area contributed by atoms with Crippen LogP contribution in [0.3, 0.4) is 0 Å². The third kappa shape index (κ3) is 6.46. The quantitative estimate of drug-likeness (QED) is 0.150. The van der Waals surface area contributed by atoms with Crippen molar-refractivity contribution in [2.24, 2.45) is 0 Å². The first-order valence-electron chi connectivity index (χ1n) is 12.4. The van der Waals surface area contributed by atoms with Crippen molar-refractivity contribution in [1.29, 1.82) is 0 Å². The number of hydrogen-bond donors (Lipinski definition) is 2. The van der Waals surface area contributed by atoms with Crippen LogP contribution < -0.4 is 5.48 Å². The Bertz CT molecular complexity index is 1760. The van der Waals surface area contributed by atoms with Crippen molar-refractivity contribution in [2.45, 2.75) is 16.7 Å². The zero-order valence-corrected chi connectivity index (χ0v) is 25.5. The number of carbonyl (C=O) groups excluding carboxylic acids is 1. The van der Waals surface area contributed by atoms with Gasteiger partial charge in [0.2, 0.25) is 10.0 Å². The number of thiophene rings is 1. The summed E-state index contributed by atoms with van der Waals surface area (Å²) in [6.45, 7) is -0.780. The number of aromatic nitrogens is 2. The Kier molecular flexibility index (Phi) is 9.06. The number of amides is 1. The molecule has 1 atom stereocenters. The second-order valence-electron chi connectivity index (χ2n) is 9.15. The van der Waals surface area contributed by atoms with Crippen molar-refractivity contribution in [3.63, 3.8) is 0 Å². The number of halogens is 1. The topological polar surface area (TPSA) is 142 Å². The number of nitrogens with zero attached hydrogens (tertiary/aromatic N) is 4.